The zero-order valence-corrected chi connectivity index (χ0v) is 13.5. The van der Waals surface area contributed by atoms with Crippen LogP contribution >= 0.6 is 0 Å². The average Bonchev–Trinajstić information content (AvgIpc) is 3.05. The van der Waals surface area contributed by atoms with Crippen LogP contribution in [0.1, 0.15) is 24.8 Å². The highest BCUT2D eigenvalue weighted by atomic mass is 32.2. The topological polar surface area (TPSA) is 84.5 Å². The highest BCUT2D eigenvalue weighted by Crippen LogP contribution is 2.12. The van der Waals surface area contributed by atoms with Gasteiger partial charge in [-0.2, -0.15) is 0 Å². The number of carbonyl (C=O) groups is 1. The lowest BCUT2D eigenvalue weighted by Gasteiger charge is -2.10. The van der Waals surface area contributed by atoms with Gasteiger partial charge in [-0.15, -0.1) is 0 Å². The number of ether oxygens (including phenoxy) is 1. The van der Waals surface area contributed by atoms with Gasteiger partial charge in [-0.25, -0.2) is 13.1 Å². The van der Waals surface area contributed by atoms with E-state index >= 15 is 0 Å². The molecule has 0 spiro atoms. The van der Waals surface area contributed by atoms with Crippen molar-refractivity contribution in [3.63, 3.8) is 0 Å². The molecule has 1 aromatic carbocycles. The molecule has 22 heavy (non-hydrogen) atoms. The lowest BCUT2D eigenvalue weighted by molar-refractivity contribution is -0.121. The quantitative estimate of drug-likeness (QED) is 0.777. The first kappa shape index (κ1) is 16.9. The number of aryl methyl sites for hydroxylation is 1. The van der Waals surface area contributed by atoms with Crippen LogP contribution in [0, 0.1) is 0 Å². The van der Waals surface area contributed by atoms with Crippen LogP contribution < -0.4 is 10.0 Å². The number of sulfonamides is 1. The van der Waals surface area contributed by atoms with Crippen LogP contribution in [0.15, 0.2) is 29.2 Å². The van der Waals surface area contributed by atoms with Crippen LogP contribution in [0.5, 0.6) is 0 Å². The first-order chi connectivity index (χ1) is 10.5. The van der Waals surface area contributed by atoms with Gasteiger partial charge in [0.2, 0.25) is 15.9 Å². The zero-order chi connectivity index (χ0) is 16.0. The van der Waals surface area contributed by atoms with Gasteiger partial charge in [0.25, 0.3) is 0 Å². The van der Waals surface area contributed by atoms with E-state index in [0.29, 0.717) is 19.4 Å². The Labute approximate surface area is 131 Å². The van der Waals surface area contributed by atoms with E-state index in [4.69, 9.17) is 4.74 Å². The SMILES string of the molecule is CNS(=O)(=O)c1ccc(CCC(=O)NC[C@@H]2CCCO2)cc1. The maximum absolute atomic E-state index is 11.8. The molecule has 0 unspecified atom stereocenters. The highest BCUT2D eigenvalue weighted by Gasteiger charge is 2.16. The normalized spacial score (nSPS) is 18.3. The van der Waals surface area contributed by atoms with Crippen molar-refractivity contribution < 1.29 is 17.9 Å². The maximum Gasteiger partial charge on any atom is 0.240 e. The van der Waals surface area contributed by atoms with Crippen molar-refractivity contribution in [2.45, 2.75) is 36.7 Å². The average molecular weight is 326 g/mol. The maximum atomic E-state index is 11.8. The molecule has 0 aromatic heterocycles. The van der Waals surface area contributed by atoms with Crippen LogP contribution in [0.2, 0.25) is 0 Å². The van der Waals surface area contributed by atoms with Gasteiger partial charge in [-0.05, 0) is 44.0 Å². The van der Waals surface area contributed by atoms with Gasteiger partial charge < -0.3 is 10.1 Å². The van der Waals surface area contributed by atoms with Crippen molar-refractivity contribution in [1.29, 1.82) is 0 Å². The molecular weight excluding hydrogens is 304 g/mol. The minimum absolute atomic E-state index is 0.0116. The molecule has 1 aromatic rings. The third-order valence-corrected chi connectivity index (χ3v) is 5.12. The van der Waals surface area contributed by atoms with Gasteiger partial charge in [0.1, 0.15) is 0 Å². The number of hydrogen-bond donors (Lipinski definition) is 2. The molecule has 1 heterocycles. The van der Waals surface area contributed by atoms with E-state index in [1.54, 1.807) is 24.3 Å². The van der Waals surface area contributed by atoms with Crippen molar-refractivity contribution in [3.8, 4) is 0 Å². The van der Waals surface area contributed by atoms with Crippen molar-refractivity contribution in [2.75, 3.05) is 20.2 Å². The Hall–Kier alpha value is -1.44. The summed E-state index contributed by atoms with van der Waals surface area (Å²) < 4.78 is 30.9. The molecule has 1 fully saturated rings. The van der Waals surface area contributed by atoms with Crippen molar-refractivity contribution in [1.82, 2.24) is 10.0 Å². The Morgan fingerprint density at radius 1 is 1.32 bits per heavy atom. The smallest absolute Gasteiger partial charge is 0.240 e. The van der Waals surface area contributed by atoms with E-state index in [-0.39, 0.29) is 16.9 Å². The van der Waals surface area contributed by atoms with Gasteiger partial charge in [-0.1, -0.05) is 12.1 Å². The molecule has 0 radical (unpaired) electrons. The fourth-order valence-corrected chi connectivity index (χ4v) is 3.06. The molecule has 0 bridgehead atoms. The summed E-state index contributed by atoms with van der Waals surface area (Å²) in [5.74, 6) is -0.0116. The predicted molar refractivity (Wildman–Crippen MR) is 83.0 cm³/mol. The van der Waals surface area contributed by atoms with Crippen LogP contribution in [-0.2, 0) is 26.0 Å². The Morgan fingerprint density at radius 3 is 2.64 bits per heavy atom. The third kappa shape index (κ3) is 4.79. The van der Waals surface area contributed by atoms with Gasteiger partial charge in [-0.3, -0.25) is 4.79 Å². The second-order valence-electron chi connectivity index (χ2n) is 5.29. The first-order valence-corrected chi connectivity index (χ1v) is 8.90. The molecule has 1 amide bonds. The summed E-state index contributed by atoms with van der Waals surface area (Å²) in [6.45, 7) is 1.35. The van der Waals surface area contributed by atoms with E-state index in [1.165, 1.54) is 7.05 Å². The molecule has 0 saturated carbocycles. The van der Waals surface area contributed by atoms with Crippen LogP contribution in [0.3, 0.4) is 0 Å². The largest absolute Gasteiger partial charge is 0.376 e. The Balaban J connectivity index is 1.77. The van der Waals surface area contributed by atoms with E-state index in [9.17, 15) is 13.2 Å². The molecule has 1 aliphatic rings. The van der Waals surface area contributed by atoms with Gasteiger partial charge >= 0.3 is 0 Å². The molecule has 0 aliphatic carbocycles. The molecule has 6 nitrogen and oxygen atoms in total. The number of benzene rings is 1. The number of nitrogens with one attached hydrogen (secondary N) is 2. The Kier molecular flexibility index (Phi) is 5.93. The number of hydrogen-bond acceptors (Lipinski definition) is 4. The van der Waals surface area contributed by atoms with Crippen LogP contribution in [0.25, 0.3) is 0 Å². The number of rotatable bonds is 7. The molecule has 7 heteroatoms. The van der Waals surface area contributed by atoms with Crippen molar-refractivity contribution in [2.24, 2.45) is 0 Å². The minimum atomic E-state index is -3.41. The Bertz CT molecular complexity index is 592. The third-order valence-electron chi connectivity index (χ3n) is 3.69. The van der Waals surface area contributed by atoms with Gasteiger partial charge in [0, 0.05) is 19.6 Å². The standard InChI is InChI=1S/C15H22N2O4S/c1-16-22(19,20)14-7-4-12(5-8-14)6-9-15(18)17-11-13-3-2-10-21-13/h4-5,7-8,13,16H,2-3,6,9-11H2,1H3,(H,17,18)/t13-/m0/s1. The summed E-state index contributed by atoms with van der Waals surface area (Å²) in [5, 5.41) is 2.87. The molecule has 122 valence electrons. The first-order valence-electron chi connectivity index (χ1n) is 7.42. The molecule has 2 rings (SSSR count). The predicted octanol–water partition coefficient (Wildman–Crippen LogP) is 0.822. The fourth-order valence-electron chi connectivity index (χ4n) is 2.33. The number of amides is 1. The molecule has 1 aliphatic heterocycles. The number of carbonyl (C=O) groups excluding carboxylic acids is 1. The summed E-state index contributed by atoms with van der Waals surface area (Å²) in [6, 6.07) is 6.56. The van der Waals surface area contributed by atoms with Crippen molar-refractivity contribution >= 4 is 15.9 Å². The molecular formula is C15H22N2O4S. The van der Waals surface area contributed by atoms with E-state index in [0.717, 1.165) is 25.0 Å². The van der Waals surface area contributed by atoms with Crippen LogP contribution in [0.4, 0.5) is 0 Å². The lowest BCUT2D eigenvalue weighted by atomic mass is 10.1. The van der Waals surface area contributed by atoms with E-state index < -0.39 is 10.0 Å². The molecule has 1 atom stereocenters. The molecule has 1 saturated heterocycles. The summed E-state index contributed by atoms with van der Waals surface area (Å²) in [7, 11) is -2.03. The van der Waals surface area contributed by atoms with Gasteiger partial charge in [0.15, 0.2) is 0 Å². The highest BCUT2D eigenvalue weighted by molar-refractivity contribution is 7.89. The summed E-state index contributed by atoms with van der Waals surface area (Å²) >= 11 is 0. The second kappa shape index (κ2) is 7.71. The van der Waals surface area contributed by atoms with Gasteiger partial charge in [0.05, 0.1) is 11.0 Å². The summed E-state index contributed by atoms with van der Waals surface area (Å²) in [6.07, 6.45) is 3.17. The van der Waals surface area contributed by atoms with Crippen LogP contribution in [-0.4, -0.2) is 40.6 Å². The van der Waals surface area contributed by atoms with E-state index in [2.05, 4.69) is 10.0 Å². The molecule has 2 N–H and O–H groups in total. The summed E-state index contributed by atoms with van der Waals surface area (Å²) in [4.78, 5) is 12.0. The zero-order valence-electron chi connectivity index (χ0n) is 12.7. The monoisotopic (exact) mass is 326 g/mol. The Morgan fingerprint density at radius 2 is 2.05 bits per heavy atom. The lowest BCUT2D eigenvalue weighted by Crippen LogP contribution is -2.31. The summed E-state index contributed by atoms with van der Waals surface area (Å²) in [5.41, 5.74) is 0.933. The fraction of sp³-hybridized carbons (Fsp3) is 0.533. The van der Waals surface area contributed by atoms with E-state index in [1.807, 2.05) is 0 Å². The minimum Gasteiger partial charge on any atom is -0.376 e. The second-order valence-corrected chi connectivity index (χ2v) is 7.18. The van der Waals surface area contributed by atoms with Crippen molar-refractivity contribution in [3.05, 3.63) is 29.8 Å².